The van der Waals surface area contributed by atoms with E-state index in [0.717, 1.165) is 12.8 Å². The highest BCUT2D eigenvalue weighted by atomic mass is 16.4. The molecule has 0 atom stereocenters. The molecule has 0 aromatic heterocycles. The number of hydrogen-bond donors (Lipinski definition) is 2. The number of nitrogens with zero attached hydrogens (tertiary/aromatic N) is 1. The first-order valence-electron chi connectivity index (χ1n) is 6.62. The van der Waals surface area contributed by atoms with Crippen LogP contribution in [0.4, 0.5) is 0 Å². The molecule has 0 aromatic carbocycles. The number of carbonyl (C=O) groups is 2. The molecule has 1 aliphatic rings. The molecule has 0 bridgehead atoms. The van der Waals surface area contributed by atoms with Crippen LogP contribution in [0.5, 0.6) is 0 Å². The van der Waals surface area contributed by atoms with E-state index in [1.54, 1.807) is 0 Å². The molecule has 1 rings (SSSR count). The van der Waals surface area contributed by atoms with Gasteiger partial charge in [0, 0.05) is 24.9 Å². The molecule has 0 spiro atoms. The highest BCUT2D eigenvalue weighted by Gasteiger charge is 2.35. The predicted molar refractivity (Wildman–Crippen MR) is 69.4 cm³/mol. The summed E-state index contributed by atoms with van der Waals surface area (Å²) in [7, 11) is 4.11. The Hall–Kier alpha value is -1.10. The second-order valence-corrected chi connectivity index (χ2v) is 5.35. The first kappa shape index (κ1) is 15.0. The first-order chi connectivity index (χ1) is 8.46. The van der Waals surface area contributed by atoms with Crippen LogP contribution in [-0.2, 0) is 9.59 Å². The fourth-order valence-electron chi connectivity index (χ4n) is 2.57. The van der Waals surface area contributed by atoms with Crippen LogP contribution in [0.1, 0.15) is 44.9 Å². The summed E-state index contributed by atoms with van der Waals surface area (Å²) in [5.74, 6) is -0.882. The fraction of sp³-hybridized carbons (Fsp3) is 0.846. The molecule has 0 aromatic rings. The topological polar surface area (TPSA) is 69.6 Å². The molecule has 0 radical (unpaired) electrons. The molecular formula is C13H24N2O3. The molecule has 0 unspecified atom stereocenters. The normalized spacial score (nSPS) is 17.9. The lowest BCUT2D eigenvalue weighted by molar-refractivity contribution is -0.137. The monoisotopic (exact) mass is 256 g/mol. The van der Waals surface area contributed by atoms with E-state index in [1.807, 2.05) is 0 Å². The molecule has 1 fully saturated rings. The van der Waals surface area contributed by atoms with Crippen molar-refractivity contribution in [3.63, 3.8) is 0 Å². The lowest BCUT2D eigenvalue weighted by Crippen LogP contribution is -2.50. The number of carbonyl (C=O) groups excluding carboxylic acids is 1. The van der Waals surface area contributed by atoms with Gasteiger partial charge in [0.2, 0.25) is 5.91 Å². The lowest BCUT2D eigenvalue weighted by atomic mass is 9.96. The summed E-state index contributed by atoms with van der Waals surface area (Å²) in [6, 6.07) is 0. The summed E-state index contributed by atoms with van der Waals surface area (Å²) >= 11 is 0. The summed E-state index contributed by atoms with van der Waals surface area (Å²) in [4.78, 5) is 24.2. The second kappa shape index (κ2) is 6.73. The van der Waals surface area contributed by atoms with Crippen molar-refractivity contribution in [1.82, 2.24) is 10.2 Å². The minimum atomic E-state index is -0.844. The van der Waals surface area contributed by atoms with Crippen molar-refractivity contribution in [3.05, 3.63) is 0 Å². The highest BCUT2D eigenvalue weighted by Crippen LogP contribution is 2.33. The Morgan fingerprint density at radius 1 is 1.22 bits per heavy atom. The van der Waals surface area contributed by atoms with Crippen LogP contribution in [0.25, 0.3) is 0 Å². The highest BCUT2D eigenvalue weighted by molar-refractivity contribution is 5.76. The zero-order valence-corrected chi connectivity index (χ0v) is 11.4. The number of carboxylic acids is 1. The van der Waals surface area contributed by atoms with Crippen molar-refractivity contribution in [1.29, 1.82) is 0 Å². The summed E-state index contributed by atoms with van der Waals surface area (Å²) in [6.45, 7) is 0.673. The van der Waals surface area contributed by atoms with E-state index in [-0.39, 0.29) is 17.9 Å². The Bertz CT molecular complexity index is 297. The zero-order valence-electron chi connectivity index (χ0n) is 11.4. The number of likely N-dealkylation sites (N-methyl/N-ethyl adjacent to an activating group) is 1. The van der Waals surface area contributed by atoms with Gasteiger partial charge in [-0.3, -0.25) is 9.59 Å². The van der Waals surface area contributed by atoms with Crippen LogP contribution in [-0.4, -0.2) is 48.1 Å². The van der Waals surface area contributed by atoms with E-state index in [0.29, 0.717) is 19.4 Å². The maximum Gasteiger partial charge on any atom is 0.303 e. The summed E-state index contributed by atoms with van der Waals surface area (Å²) in [6.07, 6.45) is 5.45. The van der Waals surface area contributed by atoms with Crippen molar-refractivity contribution in [2.45, 2.75) is 50.5 Å². The first-order valence-corrected chi connectivity index (χ1v) is 6.62. The van der Waals surface area contributed by atoms with Gasteiger partial charge in [0.1, 0.15) is 0 Å². The molecule has 0 saturated heterocycles. The zero-order chi connectivity index (χ0) is 13.6. The largest absolute Gasteiger partial charge is 0.481 e. The molecule has 5 nitrogen and oxygen atoms in total. The summed E-state index contributed by atoms with van der Waals surface area (Å²) in [5.41, 5.74) is 0.0997. The third-order valence-electron chi connectivity index (χ3n) is 3.89. The Labute approximate surface area is 109 Å². The van der Waals surface area contributed by atoms with Gasteiger partial charge in [-0.2, -0.15) is 0 Å². The lowest BCUT2D eigenvalue weighted by Gasteiger charge is -2.36. The van der Waals surface area contributed by atoms with Gasteiger partial charge in [-0.15, -0.1) is 0 Å². The number of nitrogens with one attached hydrogen (secondary N) is 1. The maximum atomic E-state index is 11.6. The predicted octanol–water partition coefficient (Wildman–Crippen LogP) is 1.23. The third-order valence-corrected chi connectivity index (χ3v) is 3.89. The number of carboxylic acid groups (broad SMARTS) is 1. The van der Waals surface area contributed by atoms with E-state index in [2.05, 4.69) is 24.3 Å². The Morgan fingerprint density at radius 3 is 2.33 bits per heavy atom. The number of rotatable bonds is 7. The van der Waals surface area contributed by atoms with Crippen LogP contribution >= 0.6 is 0 Å². The van der Waals surface area contributed by atoms with Gasteiger partial charge in [0.05, 0.1) is 0 Å². The Balaban J connectivity index is 2.30. The van der Waals surface area contributed by atoms with Crippen LogP contribution in [0.15, 0.2) is 0 Å². The van der Waals surface area contributed by atoms with Gasteiger partial charge < -0.3 is 15.3 Å². The molecule has 1 aliphatic carbocycles. The van der Waals surface area contributed by atoms with E-state index in [4.69, 9.17) is 5.11 Å². The molecule has 5 heteroatoms. The summed E-state index contributed by atoms with van der Waals surface area (Å²) < 4.78 is 0. The average molecular weight is 256 g/mol. The molecule has 0 aliphatic heterocycles. The van der Waals surface area contributed by atoms with Crippen molar-refractivity contribution in [2.75, 3.05) is 20.6 Å². The standard InChI is InChI=1S/C13H24N2O3/c1-15(2)13(8-3-4-9-13)10-14-11(16)6-5-7-12(17)18/h3-10H2,1-2H3,(H,14,16)(H,17,18). The smallest absolute Gasteiger partial charge is 0.303 e. The van der Waals surface area contributed by atoms with Crippen molar-refractivity contribution >= 4 is 11.9 Å². The molecular weight excluding hydrogens is 232 g/mol. The van der Waals surface area contributed by atoms with Crippen molar-refractivity contribution in [2.24, 2.45) is 0 Å². The molecule has 0 heterocycles. The second-order valence-electron chi connectivity index (χ2n) is 5.35. The van der Waals surface area contributed by atoms with E-state index in [1.165, 1.54) is 12.8 Å². The van der Waals surface area contributed by atoms with Crippen LogP contribution in [0.2, 0.25) is 0 Å². The van der Waals surface area contributed by atoms with E-state index in [9.17, 15) is 9.59 Å². The number of aliphatic carboxylic acids is 1. The van der Waals surface area contributed by atoms with Gasteiger partial charge in [-0.05, 0) is 33.4 Å². The van der Waals surface area contributed by atoms with Crippen LogP contribution in [0.3, 0.4) is 0 Å². The summed E-state index contributed by atoms with van der Waals surface area (Å²) in [5, 5.41) is 11.5. The van der Waals surface area contributed by atoms with Gasteiger partial charge >= 0.3 is 5.97 Å². The Kier molecular flexibility index (Phi) is 5.59. The van der Waals surface area contributed by atoms with Gasteiger partial charge in [0.15, 0.2) is 0 Å². The fourth-order valence-corrected chi connectivity index (χ4v) is 2.57. The van der Waals surface area contributed by atoms with E-state index >= 15 is 0 Å². The van der Waals surface area contributed by atoms with Gasteiger partial charge in [-0.25, -0.2) is 0 Å². The molecule has 18 heavy (non-hydrogen) atoms. The minimum Gasteiger partial charge on any atom is -0.481 e. The van der Waals surface area contributed by atoms with Crippen LogP contribution < -0.4 is 5.32 Å². The minimum absolute atomic E-state index is 0.0376. The number of amides is 1. The SMILES string of the molecule is CN(C)C1(CNC(=O)CCCC(=O)O)CCCC1. The molecule has 1 amide bonds. The third kappa shape index (κ3) is 4.29. The molecule has 2 N–H and O–H groups in total. The quantitative estimate of drug-likeness (QED) is 0.719. The number of hydrogen-bond acceptors (Lipinski definition) is 3. The van der Waals surface area contributed by atoms with E-state index < -0.39 is 5.97 Å². The van der Waals surface area contributed by atoms with Crippen molar-refractivity contribution < 1.29 is 14.7 Å². The molecule has 1 saturated carbocycles. The van der Waals surface area contributed by atoms with Gasteiger partial charge in [-0.1, -0.05) is 12.8 Å². The van der Waals surface area contributed by atoms with Crippen LogP contribution in [0, 0.1) is 0 Å². The maximum absolute atomic E-state index is 11.6. The molecule has 104 valence electrons. The Morgan fingerprint density at radius 2 is 1.83 bits per heavy atom. The van der Waals surface area contributed by atoms with Crippen molar-refractivity contribution in [3.8, 4) is 0 Å². The van der Waals surface area contributed by atoms with Gasteiger partial charge in [0.25, 0.3) is 0 Å². The average Bonchev–Trinajstić information content (AvgIpc) is 2.75.